The summed E-state index contributed by atoms with van der Waals surface area (Å²) in [7, 11) is 0.331. The van der Waals surface area contributed by atoms with Crippen LogP contribution in [0.5, 0.6) is 17.2 Å². The Morgan fingerprint density at radius 3 is 1.91 bits per heavy atom. The molecule has 0 bridgehead atoms. The topological polar surface area (TPSA) is 168 Å². The Hall–Kier alpha value is -5.87. The first-order valence-corrected chi connectivity index (χ1v) is 19.6. The van der Waals surface area contributed by atoms with Gasteiger partial charge in [-0.1, -0.05) is 72.0 Å². The number of sulfonamides is 1. The van der Waals surface area contributed by atoms with E-state index in [-0.39, 0.29) is 48.9 Å². The van der Waals surface area contributed by atoms with Crippen LogP contribution in [0.3, 0.4) is 0 Å². The molecule has 0 aliphatic rings. The number of nitrogens with two attached hydrogens (primary N) is 1. The molecule has 0 fully saturated rings. The molecule has 0 radical (unpaired) electrons. The first-order chi connectivity index (χ1) is 26.7. The number of nitrogens with zero attached hydrogens (tertiary/aromatic N) is 6. The second-order valence-electron chi connectivity index (χ2n) is 12.6. The first-order valence-electron chi connectivity index (χ1n) is 17.3. The fourth-order valence-corrected chi connectivity index (χ4v) is 9.10. The quantitative estimate of drug-likeness (QED) is 0.122. The van der Waals surface area contributed by atoms with Gasteiger partial charge in [0.25, 0.3) is 0 Å². The fourth-order valence-electron chi connectivity index (χ4n) is 6.49. The molecule has 13 nitrogen and oxygen atoms in total. The highest BCUT2D eigenvalue weighted by Gasteiger charge is 2.35. The minimum absolute atomic E-state index is 0.0212. The third-order valence-electron chi connectivity index (χ3n) is 9.23. The Bertz CT molecular complexity index is 2470. The van der Waals surface area contributed by atoms with E-state index in [1.165, 1.54) is 15.6 Å². The average molecular weight is 778 g/mol. The molecule has 7 aromatic rings. The zero-order valence-electron chi connectivity index (χ0n) is 30.4. The number of para-hydroxylation sites is 1. The van der Waals surface area contributed by atoms with Crippen LogP contribution in [-0.4, -0.2) is 71.0 Å². The number of thiazole rings is 1. The van der Waals surface area contributed by atoms with Crippen LogP contribution < -0.4 is 19.9 Å². The third-order valence-corrected chi connectivity index (χ3v) is 12.0. The molecule has 7 rings (SSSR count). The van der Waals surface area contributed by atoms with Crippen LogP contribution in [0.15, 0.2) is 108 Å². The number of benzene rings is 5. The molecule has 0 atom stereocenters. The van der Waals surface area contributed by atoms with Crippen molar-refractivity contribution in [2.75, 3.05) is 33.7 Å². The molecule has 282 valence electrons. The molecule has 2 heterocycles. The number of rotatable bonds is 15. The van der Waals surface area contributed by atoms with E-state index in [1.807, 2.05) is 72.8 Å². The summed E-state index contributed by atoms with van der Waals surface area (Å²) < 4.78 is 51.3. The van der Waals surface area contributed by atoms with E-state index in [1.54, 1.807) is 56.3 Å². The van der Waals surface area contributed by atoms with Gasteiger partial charge in [-0.15, -0.1) is 5.10 Å². The predicted octanol–water partition coefficient (Wildman–Crippen LogP) is 6.20. The molecule has 0 aliphatic heterocycles. The summed E-state index contributed by atoms with van der Waals surface area (Å²) in [4.78, 5) is 4.63. The Kier molecular flexibility index (Phi) is 11.1. The lowest BCUT2D eigenvalue weighted by atomic mass is 9.95. The Labute approximate surface area is 322 Å². The Morgan fingerprint density at radius 2 is 1.35 bits per heavy atom. The average Bonchev–Trinajstić information content (AvgIpc) is 3.83. The molecule has 0 amide bonds. The summed E-state index contributed by atoms with van der Waals surface area (Å²) in [6.45, 7) is -0.0246. The van der Waals surface area contributed by atoms with Crippen molar-refractivity contribution in [2.24, 2.45) is 0 Å². The van der Waals surface area contributed by atoms with E-state index in [0.717, 1.165) is 21.4 Å². The highest BCUT2D eigenvalue weighted by Crippen LogP contribution is 2.43. The van der Waals surface area contributed by atoms with E-state index >= 15 is 8.42 Å². The van der Waals surface area contributed by atoms with Crippen molar-refractivity contribution in [3.05, 3.63) is 125 Å². The van der Waals surface area contributed by atoms with Gasteiger partial charge >= 0.3 is 0 Å². The van der Waals surface area contributed by atoms with E-state index in [9.17, 15) is 5.11 Å². The molecule has 55 heavy (non-hydrogen) atoms. The number of tetrazole rings is 1. The molecule has 0 saturated carbocycles. The van der Waals surface area contributed by atoms with Gasteiger partial charge in [0.2, 0.25) is 10.0 Å². The maximum absolute atomic E-state index is 15.7. The molecule has 0 spiro atoms. The predicted molar refractivity (Wildman–Crippen MR) is 212 cm³/mol. The van der Waals surface area contributed by atoms with E-state index < -0.39 is 10.0 Å². The van der Waals surface area contributed by atoms with Crippen molar-refractivity contribution >= 4 is 36.7 Å². The molecule has 0 saturated heterocycles. The van der Waals surface area contributed by atoms with Crippen molar-refractivity contribution in [2.45, 2.75) is 31.0 Å². The number of hydrogen-bond acceptors (Lipinski definition) is 12. The zero-order chi connectivity index (χ0) is 38.5. The van der Waals surface area contributed by atoms with Gasteiger partial charge in [-0.3, -0.25) is 0 Å². The first kappa shape index (κ1) is 37.4. The molecular weight excluding hydrogens is 739 g/mol. The lowest BCUT2D eigenvalue weighted by molar-refractivity contribution is 0.298. The third kappa shape index (κ3) is 7.86. The number of hydrogen-bond donors (Lipinski definition) is 2. The number of aliphatic hydroxyl groups excluding tert-OH is 1. The van der Waals surface area contributed by atoms with Gasteiger partial charge < -0.3 is 25.1 Å². The van der Waals surface area contributed by atoms with Crippen molar-refractivity contribution in [3.8, 4) is 39.8 Å². The van der Waals surface area contributed by atoms with Crippen molar-refractivity contribution in [1.82, 2.24) is 29.5 Å². The van der Waals surface area contributed by atoms with Crippen molar-refractivity contribution < 1.29 is 27.7 Å². The maximum atomic E-state index is 15.7. The monoisotopic (exact) mass is 777 g/mol. The Morgan fingerprint density at radius 1 is 0.764 bits per heavy atom. The molecule has 0 aliphatic carbocycles. The smallest absolute Gasteiger partial charge is 0.244 e. The van der Waals surface area contributed by atoms with Crippen LogP contribution in [0.1, 0.15) is 22.3 Å². The standard InChI is InChI=1S/C40H39N7O6S2/c1-51-30-14-7-26(8-15-30)23-46(24-27-9-16-31(52-2)17-10-27)55(49,50)38-29(21-22-48)13-20-33(34-5-4-6-35-37(34)42-40(41)54-35)36(38)39-43-44-45-47(39)25-28-11-18-32(53-3)19-12-28/h4-20,48H,21-25H2,1-3H3,(H2,41,42). The van der Waals surface area contributed by atoms with Crippen LogP contribution in [-0.2, 0) is 36.1 Å². The van der Waals surface area contributed by atoms with Crippen LogP contribution in [0.25, 0.3) is 32.7 Å². The van der Waals surface area contributed by atoms with Gasteiger partial charge in [0.05, 0.1) is 43.0 Å². The van der Waals surface area contributed by atoms with Crippen LogP contribution in [0.4, 0.5) is 5.13 Å². The number of methoxy groups -OCH3 is 3. The molecule has 3 N–H and O–H groups in total. The summed E-state index contributed by atoms with van der Waals surface area (Å²) >= 11 is 1.34. The van der Waals surface area contributed by atoms with Gasteiger partial charge in [0.1, 0.15) is 17.2 Å². The normalized spacial score (nSPS) is 11.7. The fraction of sp³-hybridized carbons (Fsp3) is 0.200. The molecule has 2 aromatic heterocycles. The van der Waals surface area contributed by atoms with Gasteiger partial charge in [-0.25, -0.2) is 18.1 Å². The second-order valence-corrected chi connectivity index (χ2v) is 15.6. The lowest BCUT2D eigenvalue weighted by Gasteiger charge is -2.27. The van der Waals surface area contributed by atoms with Gasteiger partial charge in [-0.2, -0.15) is 4.31 Å². The van der Waals surface area contributed by atoms with Gasteiger partial charge in [0, 0.05) is 30.8 Å². The van der Waals surface area contributed by atoms with Crippen molar-refractivity contribution in [1.29, 1.82) is 0 Å². The summed E-state index contributed by atoms with van der Waals surface area (Å²) in [6.07, 6.45) is 0.0502. The number of aromatic nitrogens is 5. The highest BCUT2D eigenvalue weighted by atomic mass is 32.2. The largest absolute Gasteiger partial charge is 0.497 e. The number of anilines is 1. The number of aliphatic hydroxyl groups is 1. The van der Waals surface area contributed by atoms with Crippen LogP contribution in [0, 0.1) is 0 Å². The highest BCUT2D eigenvalue weighted by molar-refractivity contribution is 7.89. The summed E-state index contributed by atoms with van der Waals surface area (Å²) in [5, 5.41) is 23.6. The zero-order valence-corrected chi connectivity index (χ0v) is 32.0. The van der Waals surface area contributed by atoms with Crippen molar-refractivity contribution in [3.63, 3.8) is 0 Å². The second kappa shape index (κ2) is 16.2. The minimum Gasteiger partial charge on any atom is -0.497 e. The number of ether oxygens (including phenoxy) is 3. The lowest BCUT2D eigenvalue weighted by Crippen LogP contribution is -2.32. The van der Waals surface area contributed by atoms with E-state index in [2.05, 4.69) is 20.5 Å². The SMILES string of the molecule is COc1ccc(CN(Cc2ccc(OC)cc2)S(=O)(=O)c2c(CCO)ccc(-c3cccc4sc(N)nc34)c2-c2nnnn2Cc2ccc(OC)cc2)cc1. The molecular formula is C40H39N7O6S2. The number of fused-ring (bicyclic) bond motifs is 1. The minimum atomic E-state index is -4.42. The maximum Gasteiger partial charge on any atom is 0.244 e. The van der Waals surface area contributed by atoms with Gasteiger partial charge in [-0.05, 0) is 87.1 Å². The van der Waals surface area contributed by atoms with Crippen LogP contribution in [0.2, 0.25) is 0 Å². The molecule has 0 unspecified atom stereocenters. The molecule has 5 aromatic carbocycles. The van der Waals surface area contributed by atoms with Gasteiger partial charge in [0.15, 0.2) is 11.0 Å². The summed E-state index contributed by atoms with van der Waals surface area (Å²) in [6, 6.07) is 31.3. The van der Waals surface area contributed by atoms with Crippen LogP contribution >= 0.6 is 11.3 Å². The number of nitrogen functional groups attached to an aromatic ring is 1. The van der Waals surface area contributed by atoms with E-state index in [0.29, 0.717) is 44.6 Å². The summed E-state index contributed by atoms with van der Waals surface area (Å²) in [5.41, 5.74) is 11.0. The molecule has 15 heteroatoms. The van der Waals surface area contributed by atoms with E-state index in [4.69, 9.17) is 19.9 Å². The Balaban J connectivity index is 1.48. The summed E-state index contributed by atoms with van der Waals surface area (Å²) in [5.74, 6) is 2.21.